The van der Waals surface area contributed by atoms with Gasteiger partial charge in [0.05, 0.1) is 23.4 Å². The second-order valence-electron chi connectivity index (χ2n) is 6.62. The number of rotatable bonds is 4. The van der Waals surface area contributed by atoms with Crippen LogP contribution < -0.4 is 5.43 Å². The van der Waals surface area contributed by atoms with Crippen LogP contribution in [0.15, 0.2) is 64.4 Å². The molecule has 0 unspecified atom stereocenters. The first-order chi connectivity index (χ1) is 13.5. The molecule has 0 amide bonds. The first-order valence-electron chi connectivity index (χ1n) is 8.89. The summed E-state index contributed by atoms with van der Waals surface area (Å²) in [5.41, 5.74) is 0.656. The molecule has 7 nitrogen and oxygen atoms in total. The lowest BCUT2D eigenvalue weighted by molar-refractivity contribution is 0.147. The molecule has 0 bridgehead atoms. The van der Waals surface area contributed by atoms with E-state index in [0.29, 0.717) is 38.2 Å². The fraction of sp³-hybridized carbons (Fsp3) is 0.263. The normalized spacial score (nSPS) is 16.5. The number of sulfonamides is 1. The van der Waals surface area contributed by atoms with Crippen LogP contribution in [-0.4, -0.2) is 53.6 Å². The molecule has 1 fully saturated rings. The number of aromatic nitrogens is 2. The van der Waals surface area contributed by atoms with Crippen molar-refractivity contribution in [1.29, 1.82) is 0 Å². The van der Waals surface area contributed by atoms with E-state index < -0.39 is 10.0 Å². The zero-order valence-electron chi connectivity index (χ0n) is 15.0. The van der Waals surface area contributed by atoms with Gasteiger partial charge in [0.1, 0.15) is 4.90 Å². The summed E-state index contributed by atoms with van der Waals surface area (Å²) in [4.78, 5) is 14.2. The summed E-state index contributed by atoms with van der Waals surface area (Å²) >= 11 is 6.08. The van der Waals surface area contributed by atoms with E-state index in [4.69, 9.17) is 11.6 Å². The van der Waals surface area contributed by atoms with E-state index >= 15 is 0 Å². The van der Waals surface area contributed by atoms with Crippen LogP contribution in [0, 0.1) is 0 Å². The Kier molecular flexibility index (Phi) is 5.20. The molecule has 2 aromatic carbocycles. The number of benzene rings is 2. The Balaban J connectivity index is 1.49. The molecule has 0 saturated carbocycles. The minimum absolute atomic E-state index is 0.109. The van der Waals surface area contributed by atoms with E-state index in [1.54, 1.807) is 28.9 Å². The van der Waals surface area contributed by atoms with Crippen molar-refractivity contribution in [1.82, 2.24) is 19.0 Å². The molecule has 146 valence electrons. The molecule has 0 radical (unpaired) electrons. The molecular weight excluding hydrogens is 400 g/mol. The standard InChI is InChI=1S/C19H19ClN4O3S/c20-16-6-2-4-8-19(16)28(26,27)23-11-9-22(10-12-23)14-24-17-7-3-1-5-15(17)18(25)13-21-24/h1-8,13H,9-12,14H2. The predicted molar refractivity (Wildman–Crippen MR) is 108 cm³/mol. The average molecular weight is 419 g/mol. The van der Waals surface area contributed by atoms with Crippen LogP contribution in [0.4, 0.5) is 0 Å². The third-order valence-corrected chi connectivity index (χ3v) is 7.28. The Morgan fingerprint density at radius 3 is 2.39 bits per heavy atom. The van der Waals surface area contributed by atoms with Crippen molar-refractivity contribution >= 4 is 32.5 Å². The number of para-hydroxylation sites is 1. The summed E-state index contributed by atoms with van der Waals surface area (Å²) in [5.74, 6) is 0. The molecule has 4 rings (SSSR count). The molecule has 0 spiro atoms. The van der Waals surface area contributed by atoms with E-state index in [2.05, 4.69) is 10.00 Å². The van der Waals surface area contributed by atoms with Crippen molar-refractivity contribution in [3.8, 4) is 0 Å². The van der Waals surface area contributed by atoms with Gasteiger partial charge in [0.25, 0.3) is 0 Å². The molecule has 1 aliphatic rings. The summed E-state index contributed by atoms with van der Waals surface area (Å²) < 4.78 is 28.9. The number of hydrogen-bond acceptors (Lipinski definition) is 5. The number of piperazine rings is 1. The molecule has 1 aliphatic heterocycles. The molecular formula is C19H19ClN4O3S. The lowest BCUT2D eigenvalue weighted by atomic mass is 10.2. The van der Waals surface area contributed by atoms with Gasteiger partial charge in [0, 0.05) is 31.6 Å². The van der Waals surface area contributed by atoms with Crippen molar-refractivity contribution in [2.75, 3.05) is 26.2 Å². The van der Waals surface area contributed by atoms with Crippen molar-refractivity contribution < 1.29 is 8.42 Å². The highest BCUT2D eigenvalue weighted by atomic mass is 35.5. The zero-order chi connectivity index (χ0) is 19.7. The van der Waals surface area contributed by atoms with Gasteiger partial charge in [-0.15, -0.1) is 0 Å². The third-order valence-electron chi connectivity index (χ3n) is 4.88. The quantitative estimate of drug-likeness (QED) is 0.648. The summed E-state index contributed by atoms with van der Waals surface area (Å²) in [6, 6.07) is 13.8. The smallest absolute Gasteiger partial charge is 0.244 e. The van der Waals surface area contributed by atoms with Gasteiger partial charge in [-0.25, -0.2) is 8.42 Å². The first-order valence-corrected chi connectivity index (χ1v) is 10.7. The topological polar surface area (TPSA) is 75.5 Å². The molecule has 0 aliphatic carbocycles. The lowest BCUT2D eigenvalue weighted by Gasteiger charge is -2.34. The Morgan fingerprint density at radius 1 is 0.964 bits per heavy atom. The highest BCUT2D eigenvalue weighted by molar-refractivity contribution is 7.89. The monoisotopic (exact) mass is 418 g/mol. The van der Waals surface area contributed by atoms with Crippen LogP contribution in [0.1, 0.15) is 0 Å². The predicted octanol–water partition coefficient (Wildman–Crippen LogP) is 2.01. The van der Waals surface area contributed by atoms with E-state index in [9.17, 15) is 13.2 Å². The summed E-state index contributed by atoms with van der Waals surface area (Å²) in [5, 5.41) is 5.09. The van der Waals surface area contributed by atoms with Crippen molar-refractivity contribution in [2.24, 2.45) is 0 Å². The minimum Gasteiger partial charge on any atom is -0.287 e. The van der Waals surface area contributed by atoms with Gasteiger partial charge in [-0.3, -0.25) is 14.4 Å². The van der Waals surface area contributed by atoms with Crippen molar-refractivity contribution in [3.63, 3.8) is 0 Å². The summed E-state index contributed by atoms with van der Waals surface area (Å²) in [7, 11) is -3.62. The zero-order valence-corrected chi connectivity index (χ0v) is 16.6. The summed E-state index contributed by atoms with van der Waals surface area (Å²) in [6.45, 7) is 2.34. The van der Waals surface area contributed by atoms with Gasteiger partial charge < -0.3 is 0 Å². The molecule has 0 atom stereocenters. The van der Waals surface area contributed by atoms with Crippen molar-refractivity contribution in [3.05, 3.63) is 70.0 Å². The molecule has 2 heterocycles. The highest BCUT2D eigenvalue weighted by Crippen LogP contribution is 2.25. The second kappa shape index (κ2) is 7.63. The molecule has 9 heteroatoms. The van der Waals surface area contributed by atoms with E-state index in [1.165, 1.54) is 16.6 Å². The van der Waals surface area contributed by atoms with Crippen LogP contribution in [-0.2, 0) is 16.7 Å². The van der Waals surface area contributed by atoms with Crippen LogP contribution in [0.3, 0.4) is 0 Å². The molecule has 3 aromatic rings. The second-order valence-corrected chi connectivity index (χ2v) is 8.93. The van der Waals surface area contributed by atoms with Crippen molar-refractivity contribution in [2.45, 2.75) is 11.6 Å². The SMILES string of the molecule is O=c1cnn(CN2CCN(S(=O)(=O)c3ccccc3Cl)CC2)c2ccccc12. The van der Waals surface area contributed by atoms with E-state index in [1.807, 2.05) is 18.2 Å². The average Bonchev–Trinajstić information content (AvgIpc) is 2.71. The van der Waals surface area contributed by atoms with E-state index in [0.717, 1.165) is 5.52 Å². The maximum atomic E-state index is 12.9. The van der Waals surface area contributed by atoms with Crippen LogP contribution in [0.25, 0.3) is 10.9 Å². The van der Waals surface area contributed by atoms with Gasteiger partial charge in [0.2, 0.25) is 15.5 Å². The van der Waals surface area contributed by atoms with Gasteiger partial charge in [-0.1, -0.05) is 35.9 Å². The Labute approximate surface area is 167 Å². The maximum absolute atomic E-state index is 12.9. The van der Waals surface area contributed by atoms with Crippen LogP contribution in [0.2, 0.25) is 5.02 Å². The van der Waals surface area contributed by atoms with Crippen LogP contribution in [0.5, 0.6) is 0 Å². The maximum Gasteiger partial charge on any atom is 0.244 e. The highest BCUT2D eigenvalue weighted by Gasteiger charge is 2.30. The molecule has 28 heavy (non-hydrogen) atoms. The number of halogens is 1. The number of fused-ring (bicyclic) bond motifs is 1. The largest absolute Gasteiger partial charge is 0.287 e. The minimum atomic E-state index is -3.62. The van der Waals surface area contributed by atoms with E-state index in [-0.39, 0.29) is 15.3 Å². The first kappa shape index (κ1) is 19.1. The fourth-order valence-electron chi connectivity index (χ4n) is 3.37. The fourth-order valence-corrected chi connectivity index (χ4v) is 5.28. The Hall–Kier alpha value is -2.26. The lowest BCUT2D eigenvalue weighted by Crippen LogP contribution is -2.49. The number of hydrogen-bond donors (Lipinski definition) is 0. The Bertz CT molecular complexity index is 1170. The third kappa shape index (κ3) is 3.56. The van der Waals surface area contributed by atoms with Gasteiger partial charge >= 0.3 is 0 Å². The molecule has 1 saturated heterocycles. The van der Waals surface area contributed by atoms with Gasteiger partial charge in [-0.2, -0.15) is 9.40 Å². The number of nitrogens with zero attached hydrogens (tertiary/aromatic N) is 4. The van der Waals surface area contributed by atoms with Crippen LogP contribution >= 0.6 is 11.6 Å². The Morgan fingerprint density at radius 2 is 1.64 bits per heavy atom. The molecule has 0 N–H and O–H groups in total. The van der Waals surface area contributed by atoms with Gasteiger partial charge in [-0.05, 0) is 24.3 Å². The summed E-state index contributed by atoms with van der Waals surface area (Å²) in [6.07, 6.45) is 1.32. The molecule has 1 aromatic heterocycles. The van der Waals surface area contributed by atoms with Gasteiger partial charge in [0.15, 0.2) is 0 Å².